The quantitative estimate of drug-likeness (QED) is 0.778. The van der Waals surface area contributed by atoms with Gasteiger partial charge in [-0.1, -0.05) is 26.7 Å². The number of hydrogen-bond acceptors (Lipinski definition) is 3. The molecule has 4 N–H and O–H groups in total. The van der Waals surface area contributed by atoms with Crippen LogP contribution in [-0.4, -0.2) is 22.6 Å². The molecule has 1 amide bonds. The summed E-state index contributed by atoms with van der Waals surface area (Å²) in [5, 5.41) is 9.78. The van der Waals surface area contributed by atoms with E-state index in [0.29, 0.717) is 17.3 Å². The molecule has 2 unspecified atom stereocenters. The number of hydrogen-bond donors (Lipinski definition) is 3. The van der Waals surface area contributed by atoms with Crippen LogP contribution in [0.4, 0.5) is 5.69 Å². The van der Waals surface area contributed by atoms with E-state index in [0.717, 1.165) is 24.6 Å². The molecular weight excluding hydrogens is 240 g/mol. The Labute approximate surface area is 114 Å². The summed E-state index contributed by atoms with van der Waals surface area (Å²) < 4.78 is 0. The SMILES string of the molecule is CCc1[nH]nc(C(=O)NCC2CCCC(C)C2)c1N. The summed E-state index contributed by atoms with van der Waals surface area (Å²) in [6.45, 7) is 5.00. The monoisotopic (exact) mass is 264 g/mol. The number of amides is 1. The molecular formula is C14H24N4O. The maximum atomic E-state index is 12.0. The van der Waals surface area contributed by atoms with Gasteiger partial charge in [-0.05, 0) is 31.1 Å². The van der Waals surface area contributed by atoms with E-state index in [1.807, 2.05) is 6.92 Å². The normalized spacial score (nSPS) is 23.3. The maximum absolute atomic E-state index is 12.0. The number of aromatic amines is 1. The van der Waals surface area contributed by atoms with E-state index in [9.17, 15) is 4.79 Å². The van der Waals surface area contributed by atoms with Crippen LogP contribution in [0, 0.1) is 11.8 Å². The lowest BCUT2D eigenvalue weighted by atomic mass is 9.82. The molecule has 106 valence electrons. The molecule has 1 aromatic rings. The Balaban J connectivity index is 1.88. The molecule has 1 heterocycles. The second-order valence-electron chi connectivity index (χ2n) is 5.67. The molecule has 0 saturated heterocycles. The van der Waals surface area contributed by atoms with Crippen LogP contribution in [0.25, 0.3) is 0 Å². The Morgan fingerprint density at radius 3 is 2.95 bits per heavy atom. The molecule has 1 aliphatic carbocycles. The molecule has 1 aromatic heterocycles. The Morgan fingerprint density at radius 2 is 2.32 bits per heavy atom. The van der Waals surface area contributed by atoms with Gasteiger partial charge in [0, 0.05) is 6.54 Å². The fourth-order valence-electron chi connectivity index (χ4n) is 2.90. The van der Waals surface area contributed by atoms with Crippen LogP contribution in [0.3, 0.4) is 0 Å². The van der Waals surface area contributed by atoms with Crippen LogP contribution in [0.5, 0.6) is 0 Å². The fourth-order valence-corrected chi connectivity index (χ4v) is 2.90. The zero-order valence-electron chi connectivity index (χ0n) is 11.8. The number of nitrogen functional groups attached to an aromatic ring is 1. The second-order valence-corrected chi connectivity index (χ2v) is 5.67. The van der Waals surface area contributed by atoms with E-state index in [4.69, 9.17) is 5.73 Å². The van der Waals surface area contributed by atoms with E-state index >= 15 is 0 Å². The van der Waals surface area contributed by atoms with Crippen LogP contribution < -0.4 is 11.1 Å². The van der Waals surface area contributed by atoms with Crippen LogP contribution >= 0.6 is 0 Å². The van der Waals surface area contributed by atoms with Gasteiger partial charge in [0.25, 0.3) is 5.91 Å². The van der Waals surface area contributed by atoms with Crippen molar-refractivity contribution in [2.75, 3.05) is 12.3 Å². The fraction of sp³-hybridized carbons (Fsp3) is 0.714. The van der Waals surface area contributed by atoms with Crippen molar-refractivity contribution in [3.8, 4) is 0 Å². The number of aryl methyl sites for hydroxylation is 1. The first-order chi connectivity index (χ1) is 9.11. The zero-order valence-corrected chi connectivity index (χ0v) is 11.8. The van der Waals surface area contributed by atoms with Gasteiger partial charge in [0.05, 0.1) is 11.4 Å². The first-order valence-electron chi connectivity index (χ1n) is 7.22. The van der Waals surface area contributed by atoms with Gasteiger partial charge < -0.3 is 11.1 Å². The lowest BCUT2D eigenvalue weighted by Crippen LogP contribution is -2.32. The number of nitrogens with two attached hydrogens (primary N) is 1. The van der Waals surface area contributed by atoms with Gasteiger partial charge in [-0.3, -0.25) is 9.89 Å². The molecule has 0 spiro atoms. The standard InChI is InChI=1S/C14H24N4O/c1-3-11-12(15)13(18-17-11)14(19)16-8-10-6-4-5-9(2)7-10/h9-10H,3-8,15H2,1-2H3,(H,16,19)(H,17,18). The minimum absolute atomic E-state index is 0.160. The van der Waals surface area contributed by atoms with Crippen molar-refractivity contribution < 1.29 is 4.79 Å². The molecule has 1 aliphatic rings. The van der Waals surface area contributed by atoms with E-state index in [-0.39, 0.29) is 5.91 Å². The topological polar surface area (TPSA) is 83.8 Å². The van der Waals surface area contributed by atoms with Gasteiger partial charge in [0.1, 0.15) is 0 Å². The first kappa shape index (κ1) is 13.9. The van der Waals surface area contributed by atoms with Gasteiger partial charge in [0.15, 0.2) is 5.69 Å². The number of anilines is 1. The number of carbonyl (C=O) groups excluding carboxylic acids is 1. The van der Waals surface area contributed by atoms with Crippen LogP contribution in [-0.2, 0) is 6.42 Å². The highest BCUT2D eigenvalue weighted by Gasteiger charge is 2.21. The average molecular weight is 264 g/mol. The van der Waals surface area contributed by atoms with E-state index in [1.165, 1.54) is 25.7 Å². The third-order valence-corrected chi connectivity index (χ3v) is 4.05. The first-order valence-corrected chi connectivity index (χ1v) is 7.22. The Kier molecular flexibility index (Phi) is 4.45. The van der Waals surface area contributed by atoms with Crippen molar-refractivity contribution in [1.82, 2.24) is 15.5 Å². The van der Waals surface area contributed by atoms with Crippen molar-refractivity contribution in [2.24, 2.45) is 11.8 Å². The van der Waals surface area contributed by atoms with Crippen molar-refractivity contribution in [2.45, 2.75) is 46.0 Å². The van der Waals surface area contributed by atoms with Crippen molar-refractivity contribution in [1.29, 1.82) is 0 Å². The van der Waals surface area contributed by atoms with Gasteiger partial charge in [-0.2, -0.15) is 5.10 Å². The number of carbonyl (C=O) groups is 1. The number of rotatable bonds is 4. The largest absolute Gasteiger partial charge is 0.395 e. The van der Waals surface area contributed by atoms with E-state index in [1.54, 1.807) is 0 Å². The molecule has 1 saturated carbocycles. The number of H-pyrrole nitrogens is 1. The molecule has 0 aromatic carbocycles. The van der Waals surface area contributed by atoms with E-state index in [2.05, 4.69) is 22.4 Å². The van der Waals surface area contributed by atoms with Gasteiger partial charge in [0.2, 0.25) is 0 Å². The highest BCUT2D eigenvalue weighted by molar-refractivity contribution is 5.97. The third kappa shape index (κ3) is 3.28. The van der Waals surface area contributed by atoms with Gasteiger partial charge in [-0.25, -0.2) is 0 Å². The molecule has 5 nitrogen and oxygen atoms in total. The van der Waals surface area contributed by atoms with Crippen molar-refractivity contribution >= 4 is 11.6 Å². The lowest BCUT2D eigenvalue weighted by molar-refractivity contribution is 0.0936. The van der Waals surface area contributed by atoms with Crippen molar-refractivity contribution in [3.63, 3.8) is 0 Å². The smallest absolute Gasteiger partial charge is 0.273 e. The third-order valence-electron chi connectivity index (χ3n) is 4.05. The van der Waals surface area contributed by atoms with Gasteiger partial charge in [-0.15, -0.1) is 0 Å². The maximum Gasteiger partial charge on any atom is 0.273 e. The minimum atomic E-state index is -0.160. The summed E-state index contributed by atoms with van der Waals surface area (Å²) in [7, 11) is 0. The second kappa shape index (κ2) is 6.08. The average Bonchev–Trinajstić information content (AvgIpc) is 2.77. The Hall–Kier alpha value is -1.52. The number of aromatic nitrogens is 2. The Morgan fingerprint density at radius 1 is 1.53 bits per heavy atom. The zero-order chi connectivity index (χ0) is 13.8. The van der Waals surface area contributed by atoms with Crippen LogP contribution in [0.15, 0.2) is 0 Å². The molecule has 19 heavy (non-hydrogen) atoms. The van der Waals surface area contributed by atoms with E-state index < -0.39 is 0 Å². The molecule has 0 radical (unpaired) electrons. The van der Waals surface area contributed by atoms with Gasteiger partial charge >= 0.3 is 0 Å². The highest BCUT2D eigenvalue weighted by atomic mass is 16.1. The molecule has 2 atom stereocenters. The summed E-state index contributed by atoms with van der Waals surface area (Å²) in [5.74, 6) is 1.21. The summed E-state index contributed by atoms with van der Waals surface area (Å²) in [6.07, 6.45) is 5.76. The molecule has 2 rings (SSSR count). The summed E-state index contributed by atoms with van der Waals surface area (Å²) >= 11 is 0. The van der Waals surface area contributed by atoms with Crippen molar-refractivity contribution in [3.05, 3.63) is 11.4 Å². The lowest BCUT2D eigenvalue weighted by Gasteiger charge is -2.26. The molecule has 0 aliphatic heterocycles. The molecule has 5 heteroatoms. The highest BCUT2D eigenvalue weighted by Crippen LogP contribution is 2.28. The molecule has 1 fully saturated rings. The Bertz CT molecular complexity index is 441. The summed E-state index contributed by atoms with van der Waals surface area (Å²) in [4.78, 5) is 12.0. The van der Waals surface area contributed by atoms with Crippen LogP contribution in [0.2, 0.25) is 0 Å². The predicted molar refractivity (Wildman–Crippen MR) is 75.8 cm³/mol. The number of nitrogens with zero attached hydrogens (tertiary/aromatic N) is 1. The number of nitrogens with one attached hydrogen (secondary N) is 2. The molecule has 0 bridgehead atoms. The predicted octanol–water partition coefficient (Wildman–Crippen LogP) is 2.11. The summed E-state index contributed by atoms with van der Waals surface area (Å²) in [5.41, 5.74) is 7.54. The minimum Gasteiger partial charge on any atom is -0.395 e. The van der Waals surface area contributed by atoms with Crippen LogP contribution in [0.1, 0.15) is 55.7 Å². The summed E-state index contributed by atoms with van der Waals surface area (Å²) in [6, 6.07) is 0.